The van der Waals surface area contributed by atoms with Crippen molar-refractivity contribution in [1.29, 1.82) is 0 Å². The average molecular weight is 388 g/mol. The van der Waals surface area contributed by atoms with Gasteiger partial charge in [0.1, 0.15) is 17.1 Å². The number of aromatic hydroxyl groups is 1. The SMILES string of the molecule is Cc1ccc(N=Nc2ccc(N=Nc3cc(C)c(C)cc3O)c(C(=O)O)c2)cc1. The summed E-state index contributed by atoms with van der Waals surface area (Å²) in [7, 11) is 0. The highest BCUT2D eigenvalue weighted by molar-refractivity contribution is 5.94. The van der Waals surface area contributed by atoms with Crippen LogP contribution >= 0.6 is 0 Å². The van der Waals surface area contributed by atoms with E-state index in [4.69, 9.17) is 0 Å². The molecule has 0 aromatic heterocycles. The second-order valence-corrected chi connectivity index (χ2v) is 6.67. The van der Waals surface area contributed by atoms with Crippen LogP contribution in [0.15, 0.2) is 75.1 Å². The molecule has 3 rings (SSSR count). The third-order valence-corrected chi connectivity index (χ3v) is 4.38. The highest BCUT2D eigenvalue weighted by Crippen LogP contribution is 2.33. The van der Waals surface area contributed by atoms with Gasteiger partial charge in [0.05, 0.1) is 16.9 Å². The van der Waals surface area contributed by atoms with E-state index in [0.717, 1.165) is 16.7 Å². The largest absolute Gasteiger partial charge is 0.506 e. The van der Waals surface area contributed by atoms with Gasteiger partial charge >= 0.3 is 5.97 Å². The van der Waals surface area contributed by atoms with Gasteiger partial charge in [0.2, 0.25) is 0 Å². The molecule has 0 saturated carbocycles. The van der Waals surface area contributed by atoms with Gasteiger partial charge in [-0.05, 0) is 74.4 Å². The summed E-state index contributed by atoms with van der Waals surface area (Å²) in [6, 6.07) is 15.3. The lowest BCUT2D eigenvalue weighted by atomic mass is 10.1. The maximum absolute atomic E-state index is 11.6. The predicted molar refractivity (Wildman–Crippen MR) is 111 cm³/mol. The fourth-order valence-electron chi connectivity index (χ4n) is 2.55. The zero-order chi connectivity index (χ0) is 21.0. The van der Waals surface area contributed by atoms with Crippen LogP contribution in [0.5, 0.6) is 5.75 Å². The molecular formula is C22H20N4O3. The van der Waals surface area contributed by atoms with Crippen LogP contribution in [0.4, 0.5) is 22.7 Å². The summed E-state index contributed by atoms with van der Waals surface area (Å²) < 4.78 is 0. The molecule has 0 amide bonds. The van der Waals surface area contributed by atoms with E-state index >= 15 is 0 Å². The topological polar surface area (TPSA) is 107 Å². The van der Waals surface area contributed by atoms with E-state index in [1.807, 2.05) is 45.0 Å². The lowest BCUT2D eigenvalue weighted by molar-refractivity contribution is 0.0697. The number of carboxylic acid groups (broad SMARTS) is 1. The van der Waals surface area contributed by atoms with Crippen LogP contribution in [0, 0.1) is 20.8 Å². The molecule has 3 aromatic rings. The highest BCUT2D eigenvalue weighted by Gasteiger charge is 2.12. The Balaban J connectivity index is 1.89. The van der Waals surface area contributed by atoms with E-state index in [0.29, 0.717) is 11.4 Å². The number of phenolic OH excluding ortho intramolecular Hbond substituents is 1. The third-order valence-electron chi connectivity index (χ3n) is 4.38. The molecule has 146 valence electrons. The average Bonchev–Trinajstić information content (AvgIpc) is 2.69. The summed E-state index contributed by atoms with van der Waals surface area (Å²) in [6.45, 7) is 5.75. The maximum atomic E-state index is 11.6. The van der Waals surface area contributed by atoms with Crippen LogP contribution in [-0.4, -0.2) is 16.2 Å². The Hall–Kier alpha value is -3.87. The van der Waals surface area contributed by atoms with E-state index in [1.165, 1.54) is 12.1 Å². The van der Waals surface area contributed by atoms with Gasteiger partial charge in [0.25, 0.3) is 0 Å². The van der Waals surface area contributed by atoms with Crippen molar-refractivity contribution in [3.63, 3.8) is 0 Å². The normalized spacial score (nSPS) is 11.4. The van der Waals surface area contributed by atoms with Crippen LogP contribution in [0.1, 0.15) is 27.0 Å². The van der Waals surface area contributed by atoms with Gasteiger partial charge in [-0.2, -0.15) is 10.2 Å². The highest BCUT2D eigenvalue weighted by atomic mass is 16.4. The molecule has 29 heavy (non-hydrogen) atoms. The van der Waals surface area contributed by atoms with Crippen LogP contribution in [-0.2, 0) is 0 Å². The fraction of sp³-hybridized carbons (Fsp3) is 0.136. The molecule has 3 aromatic carbocycles. The first kappa shape index (κ1) is 19.9. The van der Waals surface area contributed by atoms with Crippen molar-refractivity contribution in [2.75, 3.05) is 0 Å². The summed E-state index contributed by atoms with van der Waals surface area (Å²) in [4.78, 5) is 11.6. The van der Waals surface area contributed by atoms with Gasteiger partial charge in [-0.3, -0.25) is 0 Å². The van der Waals surface area contributed by atoms with Crippen molar-refractivity contribution in [1.82, 2.24) is 0 Å². The Kier molecular flexibility index (Phi) is 5.78. The minimum absolute atomic E-state index is 0.0164. The van der Waals surface area contributed by atoms with E-state index < -0.39 is 5.97 Å². The number of rotatable bonds is 5. The lowest BCUT2D eigenvalue weighted by Crippen LogP contribution is -1.95. The lowest BCUT2D eigenvalue weighted by Gasteiger charge is -2.04. The summed E-state index contributed by atoms with van der Waals surface area (Å²) in [5.41, 5.74) is 4.41. The summed E-state index contributed by atoms with van der Waals surface area (Å²) in [6.07, 6.45) is 0. The minimum atomic E-state index is -1.16. The summed E-state index contributed by atoms with van der Waals surface area (Å²) in [5.74, 6) is -1.17. The quantitative estimate of drug-likeness (QED) is 0.467. The number of nitrogens with zero attached hydrogens (tertiary/aromatic N) is 4. The summed E-state index contributed by atoms with van der Waals surface area (Å²) in [5, 5.41) is 35.8. The van der Waals surface area contributed by atoms with Crippen LogP contribution in [0.2, 0.25) is 0 Å². The molecule has 0 aliphatic heterocycles. The molecule has 0 heterocycles. The number of phenols is 1. The Morgan fingerprint density at radius 1 is 0.724 bits per heavy atom. The zero-order valence-corrected chi connectivity index (χ0v) is 16.3. The Morgan fingerprint density at radius 2 is 1.31 bits per heavy atom. The molecule has 0 aliphatic rings. The first-order chi connectivity index (χ1) is 13.8. The van der Waals surface area contributed by atoms with Gasteiger partial charge in [0, 0.05) is 0 Å². The Bertz CT molecular complexity index is 1120. The number of carbonyl (C=O) groups is 1. The minimum Gasteiger partial charge on any atom is -0.506 e. The van der Waals surface area contributed by atoms with Crippen LogP contribution in [0.3, 0.4) is 0 Å². The van der Waals surface area contributed by atoms with Crippen molar-refractivity contribution in [2.45, 2.75) is 20.8 Å². The summed E-state index contributed by atoms with van der Waals surface area (Å²) >= 11 is 0. The third kappa shape index (κ3) is 4.90. The molecule has 0 saturated heterocycles. The van der Waals surface area contributed by atoms with E-state index in [-0.39, 0.29) is 22.7 Å². The molecule has 0 bridgehead atoms. The number of carboxylic acids is 1. The molecule has 0 spiro atoms. The van der Waals surface area contributed by atoms with Crippen molar-refractivity contribution in [3.05, 3.63) is 76.9 Å². The number of azo groups is 2. The van der Waals surface area contributed by atoms with Crippen LogP contribution < -0.4 is 0 Å². The molecule has 0 aliphatic carbocycles. The Labute approximate surface area is 168 Å². The van der Waals surface area contributed by atoms with Crippen molar-refractivity contribution in [2.24, 2.45) is 20.5 Å². The molecule has 0 radical (unpaired) electrons. The fourth-order valence-corrected chi connectivity index (χ4v) is 2.55. The van der Waals surface area contributed by atoms with Gasteiger partial charge in [0.15, 0.2) is 0 Å². The second-order valence-electron chi connectivity index (χ2n) is 6.67. The number of benzene rings is 3. The predicted octanol–water partition coefficient (Wildman–Crippen LogP) is 6.85. The number of aromatic carboxylic acids is 1. The standard InChI is InChI=1S/C22H20N4O3/c1-13-4-6-16(7-5-13)23-24-17-8-9-19(18(12-17)22(28)29)25-26-20-10-14(2)15(3)11-21(20)27/h4-12,27H,1-3H3,(H,28,29). The smallest absolute Gasteiger partial charge is 0.338 e. The van der Waals surface area contributed by atoms with Gasteiger partial charge in [-0.1, -0.05) is 17.7 Å². The first-order valence-electron chi connectivity index (χ1n) is 8.91. The van der Waals surface area contributed by atoms with E-state index in [1.54, 1.807) is 18.2 Å². The maximum Gasteiger partial charge on any atom is 0.338 e. The molecule has 2 N–H and O–H groups in total. The molecule has 0 unspecified atom stereocenters. The van der Waals surface area contributed by atoms with E-state index in [9.17, 15) is 15.0 Å². The van der Waals surface area contributed by atoms with Crippen molar-refractivity contribution in [3.8, 4) is 5.75 Å². The zero-order valence-electron chi connectivity index (χ0n) is 16.3. The van der Waals surface area contributed by atoms with Crippen LogP contribution in [0.25, 0.3) is 0 Å². The number of aryl methyl sites for hydroxylation is 3. The molecule has 7 nitrogen and oxygen atoms in total. The molecule has 0 atom stereocenters. The second kappa shape index (κ2) is 8.43. The number of hydrogen-bond acceptors (Lipinski definition) is 6. The van der Waals surface area contributed by atoms with Gasteiger partial charge in [-0.25, -0.2) is 4.79 Å². The van der Waals surface area contributed by atoms with E-state index in [2.05, 4.69) is 20.5 Å². The van der Waals surface area contributed by atoms with Crippen molar-refractivity contribution >= 4 is 28.7 Å². The van der Waals surface area contributed by atoms with Gasteiger partial charge in [-0.15, -0.1) is 10.2 Å². The molecular weight excluding hydrogens is 368 g/mol. The number of hydrogen-bond donors (Lipinski definition) is 2. The van der Waals surface area contributed by atoms with Crippen molar-refractivity contribution < 1.29 is 15.0 Å². The molecule has 7 heteroatoms. The Morgan fingerprint density at radius 3 is 2.00 bits per heavy atom. The van der Waals surface area contributed by atoms with Gasteiger partial charge < -0.3 is 10.2 Å². The molecule has 0 fully saturated rings. The first-order valence-corrected chi connectivity index (χ1v) is 8.91. The monoisotopic (exact) mass is 388 g/mol.